The number of aliphatic carboxylic acids is 1. The summed E-state index contributed by atoms with van der Waals surface area (Å²) in [7, 11) is 0. The minimum atomic E-state index is -0.990. The smallest absolute Gasteiger partial charge is 0.309 e. The molecule has 6 aliphatic carbocycles. The summed E-state index contributed by atoms with van der Waals surface area (Å²) in [5.74, 6) is 1.51. The van der Waals surface area contributed by atoms with E-state index >= 15 is 0 Å². The molecular weight excluding hydrogens is 556 g/mol. The van der Waals surface area contributed by atoms with Gasteiger partial charge in [-0.05, 0) is 141 Å². The Morgan fingerprint density at radius 1 is 0.867 bits per heavy atom. The van der Waals surface area contributed by atoms with Crippen LogP contribution in [-0.4, -0.2) is 28.1 Å². The van der Waals surface area contributed by atoms with Gasteiger partial charge >= 0.3 is 5.97 Å². The molecule has 2 N–H and O–H groups in total. The van der Waals surface area contributed by atoms with E-state index in [-0.39, 0.29) is 39.1 Å². The molecule has 0 aromatic heterocycles. The van der Waals surface area contributed by atoms with Crippen LogP contribution in [0, 0.1) is 68.0 Å². The first-order chi connectivity index (χ1) is 21.2. The first-order valence-electron chi connectivity index (χ1n) is 18.9. The molecule has 6 saturated carbocycles. The molecule has 1 aromatic rings. The predicted molar refractivity (Wildman–Crippen MR) is 177 cm³/mol. The molecule has 7 aliphatic rings. The van der Waals surface area contributed by atoms with E-state index in [1.54, 1.807) is 0 Å². The number of ether oxygens (including phenoxy) is 1. The van der Waals surface area contributed by atoms with Crippen molar-refractivity contribution in [3.63, 3.8) is 0 Å². The fourth-order valence-corrected chi connectivity index (χ4v) is 15.5. The van der Waals surface area contributed by atoms with Crippen LogP contribution in [0.3, 0.4) is 0 Å². The van der Waals surface area contributed by atoms with E-state index in [2.05, 4.69) is 71.9 Å². The lowest BCUT2D eigenvalue weighted by Crippen LogP contribution is -2.73. The van der Waals surface area contributed by atoms with Crippen LogP contribution in [0.25, 0.3) is 0 Å². The van der Waals surface area contributed by atoms with Crippen LogP contribution in [-0.2, 0) is 16.0 Å². The Hall–Kier alpha value is -1.39. The summed E-state index contributed by atoms with van der Waals surface area (Å²) >= 11 is 0. The lowest BCUT2D eigenvalue weighted by atomic mass is 9.26. The number of carboxylic acids is 1. The molecule has 1 aliphatic heterocycles. The average molecular weight is 617 g/mol. The lowest BCUT2D eigenvalue weighted by molar-refractivity contribution is -0.311. The summed E-state index contributed by atoms with van der Waals surface area (Å²) < 4.78 is 7.06. The summed E-state index contributed by atoms with van der Waals surface area (Å²) in [6, 6.07) is 10.9. The Bertz CT molecular complexity index is 1360. The Morgan fingerprint density at radius 3 is 2.31 bits per heavy atom. The van der Waals surface area contributed by atoms with Gasteiger partial charge in [0.15, 0.2) is 5.79 Å². The van der Waals surface area contributed by atoms with Crippen molar-refractivity contribution in [3.05, 3.63) is 35.9 Å². The third-order valence-electron chi connectivity index (χ3n) is 17.6. The van der Waals surface area contributed by atoms with Crippen molar-refractivity contribution in [1.82, 2.24) is 0 Å². The van der Waals surface area contributed by atoms with Gasteiger partial charge in [0.2, 0.25) is 0 Å². The maximum absolute atomic E-state index is 12.7. The normalized spacial score (nSPS) is 56.1. The molecule has 0 amide bonds. The van der Waals surface area contributed by atoms with Gasteiger partial charge in [-0.3, -0.25) is 4.79 Å². The van der Waals surface area contributed by atoms with Crippen molar-refractivity contribution < 1.29 is 19.7 Å². The largest absolute Gasteiger partial charge is 0.481 e. The van der Waals surface area contributed by atoms with Gasteiger partial charge in [-0.15, -0.1) is 0 Å². The van der Waals surface area contributed by atoms with Gasteiger partial charge in [0.05, 0.1) is 11.5 Å². The Balaban J connectivity index is 1.24. The molecule has 0 unspecified atom stereocenters. The van der Waals surface area contributed by atoms with E-state index in [1.165, 1.54) is 50.5 Å². The second-order valence-electron chi connectivity index (χ2n) is 19.1. The Morgan fingerprint density at radius 2 is 1.60 bits per heavy atom. The first-order valence-corrected chi connectivity index (χ1v) is 18.9. The fourth-order valence-electron chi connectivity index (χ4n) is 15.5. The van der Waals surface area contributed by atoms with Crippen molar-refractivity contribution in [2.45, 2.75) is 143 Å². The van der Waals surface area contributed by atoms with Gasteiger partial charge in [-0.1, -0.05) is 71.4 Å². The highest BCUT2D eigenvalue weighted by Gasteiger charge is 2.80. The van der Waals surface area contributed by atoms with E-state index in [9.17, 15) is 15.0 Å². The van der Waals surface area contributed by atoms with Crippen LogP contribution in [0.15, 0.2) is 30.3 Å². The molecule has 7 fully saturated rings. The maximum atomic E-state index is 12.7. The highest BCUT2D eigenvalue weighted by atomic mass is 16.6. The van der Waals surface area contributed by atoms with Gasteiger partial charge in [0.25, 0.3) is 0 Å². The van der Waals surface area contributed by atoms with Crippen molar-refractivity contribution in [2.24, 2.45) is 68.0 Å². The van der Waals surface area contributed by atoms with Crippen LogP contribution >= 0.6 is 0 Å². The summed E-state index contributed by atoms with van der Waals surface area (Å²) in [4.78, 5) is 12.7. The molecule has 0 radical (unpaired) electrons. The third-order valence-corrected chi connectivity index (χ3v) is 17.6. The van der Waals surface area contributed by atoms with Crippen LogP contribution < -0.4 is 0 Å². The molecule has 8 rings (SSSR count). The molecule has 45 heavy (non-hydrogen) atoms. The standard InChI is InChI=1S/C41H60O4/c1-7-11-30-40-17-16-29-37(4)21-20-35(2)18-19-36(3,34(42)43)25-31(35)38(37,5)24-28-15-14-27(33(40)39(28,29)6)23-41(30,44)45-32(40)22-26-12-9-8-10-13-26/h8-10,12-13,27-33,44H,7,11,14-25H2,1-6H3,(H,42,43)/t27-,28+,29-,30-,31+,32-,33-,35-,36+,37-,38-,39+,40+,41-/m0/s1. The molecule has 2 bridgehead atoms. The first kappa shape index (κ1) is 30.9. The van der Waals surface area contributed by atoms with Crippen molar-refractivity contribution >= 4 is 5.97 Å². The summed E-state index contributed by atoms with van der Waals surface area (Å²) in [6.07, 6.45) is 15.3. The molecule has 1 saturated heterocycles. The predicted octanol–water partition coefficient (Wildman–Crippen LogP) is 9.29. The molecule has 14 atom stereocenters. The molecule has 1 aromatic carbocycles. The van der Waals surface area contributed by atoms with E-state index in [4.69, 9.17) is 4.74 Å². The second kappa shape index (κ2) is 9.61. The number of benzene rings is 1. The monoisotopic (exact) mass is 616 g/mol. The summed E-state index contributed by atoms with van der Waals surface area (Å²) in [5.41, 5.74) is 1.58. The van der Waals surface area contributed by atoms with Crippen molar-refractivity contribution in [1.29, 1.82) is 0 Å². The average Bonchev–Trinajstić information content (AvgIpc) is 3.13. The Labute approximate surface area is 272 Å². The van der Waals surface area contributed by atoms with Crippen molar-refractivity contribution in [2.75, 3.05) is 0 Å². The molecular formula is C41H60O4. The second-order valence-corrected chi connectivity index (χ2v) is 19.1. The van der Waals surface area contributed by atoms with E-state index in [1.807, 2.05) is 0 Å². The lowest BCUT2D eigenvalue weighted by Gasteiger charge is -2.78. The molecule has 1 spiro atoms. The molecule has 248 valence electrons. The van der Waals surface area contributed by atoms with Gasteiger partial charge in [0.1, 0.15) is 0 Å². The number of carboxylic acid groups (broad SMARTS) is 1. The fraction of sp³-hybridized carbons (Fsp3) is 0.829. The van der Waals surface area contributed by atoms with E-state index in [0.29, 0.717) is 29.6 Å². The van der Waals surface area contributed by atoms with Gasteiger partial charge in [-0.25, -0.2) is 0 Å². The highest BCUT2D eigenvalue weighted by molar-refractivity contribution is 5.74. The van der Waals surface area contributed by atoms with Gasteiger partial charge in [0, 0.05) is 17.8 Å². The van der Waals surface area contributed by atoms with Gasteiger partial charge in [-0.2, -0.15) is 0 Å². The number of aliphatic hydroxyl groups is 1. The minimum absolute atomic E-state index is 0.0213. The summed E-state index contributed by atoms with van der Waals surface area (Å²) in [6.45, 7) is 15.0. The van der Waals surface area contributed by atoms with Gasteiger partial charge < -0.3 is 14.9 Å². The number of carbonyl (C=O) groups is 1. The number of hydrogen-bond acceptors (Lipinski definition) is 3. The van der Waals surface area contributed by atoms with Crippen LogP contribution in [0.5, 0.6) is 0 Å². The molecule has 4 nitrogen and oxygen atoms in total. The van der Waals surface area contributed by atoms with Crippen molar-refractivity contribution in [3.8, 4) is 0 Å². The van der Waals surface area contributed by atoms with Crippen LogP contribution in [0.2, 0.25) is 0 Å². The molecule has 4 heteroatoms. The zero-order valence-corrected chi connectivity index (χ0v) is 29.0. The quantitative estimate of drug-likeness (QED) is 0.346. The molecule has 1 heterocycles. The topological polar surface area (TPSA) is 66.8 Å². The minimum Gasteiger partial charge on any atom is -0.481 e. The number of rotatable bonds is 5. The number of fused-ring (bicyclic) bond motifs is 5. The van der Waals surface area contributed by atoms with E-state index in [0.717, 1.165) is 44.9 Å². The Kier molecular flexibility index (Phi) is 6.60. The van der Waals surface area contributed by atoms with Crippen LogP contribution in [0.1, 0.15) is 131 Å². The third kappa shape index (κ3) is 3.71. The number of hydrogen-bond donors (Lipinski definition) is 2. The zero-order valence-electron chi connectivity index (χ0n) is 29.0. The maximum Gasteiger partial charge on any atom is 0.309 e. The van der Waals surface area contributed by atoms with E-state index < -0.39 is 17.2 Å². The van der Waals surface area contributed by atoms with Crippen LogP contribution in [0.4, 0.5) is 0 Å². The SMILES string of the molecule is CCC[C@H]1[C@]23CC[C@@H]4[C@@]5(C)[C@H](CC[C@@H](C[C@]1(O)O[C@H]2Cc1ccccc1)[C@@H]53)C[C@@]1(C)[C@@H]2C[C@](C)(C(=O)O)CC[C@@]2(C)CC[C@@]41C. The summed E-state index contributed by atoms with van der Waals surface area (Å²) in [5, 5.41) is 22.9. The highest BCUT2D eigenvalue weighted by Crippen LogP contribution is 2.83. The zero-order chi connectivity index (χ0) is 31.8.